The molecule has 2 aliphatic heterocycles. The number of halogens is 1. The van der Waals surface area contributed by atoms with Crippen LogP contribution in [0.4, 0.5) is 5.69 Å². The number of para-hydroxylation sites is 1. The summed E-state index contributed by atoms with van der Waals surface area (Å²) in [7, 11) is 0. The van der Waals surface area contributed by atoms with Gasteiger partial charge in [0.25, 0.3) is 0 Å². The molecular formula is C17H22BrN3O2. The van der Waals surface area contributed by atoms with Crippen molar-refractivity contribution in [2.75, 3.05) is 24.5 Å². The summed E-state index contributed by atoms with van der Waals surface area (Å²) in [5.74, 6) is -0.165. The Labute approximate surface area is 144 Å². The Kier molecular flexibility index (Phi) is 5.02. The molecule has 0 bridgehead atoms. The van der Waals surface area contributed by atoms with Gasteiger partial charge in [-0.05, 0) is 47.3 Å². The third-order valence-corrected chi connectivity index (χ3v) is 5.47. The third kappa shape index (κ3) is 3.28. The molecule has 1 aromatic rings. The number of nitrogens with two attached hydrogens (primary N) is 1. The van der Waals surface area contributed by atoms with Gasteiger partial charge in [0.15, 0.2) is 0 Å². The molecule has 1 aromatic carbocycles. The Morgan fingerprint density at radius 3 is 2.83 bits per heavy atom. The van der Waals surface area contributed by atoms with Crippen LogP contribution in [0.15, 0.2) is 28.7 Å². The molecule has 2 aliphatic rings. The lowest BCUT2D eigenvalue weighted by Crippen LogP contribution is -2.50. The summed E-state index contributed by atoms with van der Waals surface area (Å²) in [6.45, 7) is 1.72. The second kappa shape index (κ2) is 7.01. The van der Waals surface area contributed by atoms with Crippen LogP contribution in [0, 0.1) is 5.92 Å². The first-order chi connectivity index (χ1) is 11.1. The van der Waals surface area contributed by atoms with Crippen LogP contribution in [0.3, 0.4) is 0 Å². The highest BCUT2D eigenvalue weighted by Gasteiger charge is 2.39. The van der Waals surface area contributed by atoms with Crippen molar-refractivity contribution >= 4 is 33.4 Å². The van der Waals surface area contributed by atoms with Crippen LogP contribution in [-0.4, -0.2) is 42.4 Å². The van der Waals surface area contributed by atoms with Gasteiger partial charge in [-0.1, -0.05) is 12.1 Å². The fourth-order valence-electron chi connectivity index (χ4n) is 3.55. The molecule has 5 nitrogen and oxygen atoms in total. The van der Waals surface area contributed by atoms with E-state index in [9.17, 15) is 9.59 Å². The number of likely N-dealkylation sites (tertiary alicyclic amines) is 1. The van der Waals surface area contributed by atoms with E-state index in [0.29, 0.717) is 13.1 Å². The standard InChI is InChI=1S/C17H22BrN3O2/c18-14-6-1-2-7-15(14)21-11-12(9-16(21)22)17(23)20-8-4-3-5-13(20)10-19/h1-2,6-7,12-13H,3-5,8-11,19H2. The van der Waals surface area contributed by atoms with Crippen LogP contribution in [0.2, 0.25) is 0 Å². The largest absolute Gasteiger partial charge is 0.338 e. The summed E-state index contributed by atoms with van der Waals surface area (Å²) in [5, 5.41) is 0. The monoisotopic (exact) mass is 379 g/mol. The van der Waals surface area contributed by atoms with Crippen molar-refractivity contribution in [3.8, 4) is 0 Å². The predicted octanol–water partition coefficient (Wildman–Crippen LogP) is 2.14. The lowest BCUT2D eigenvalue weighted by atomic mass is 9.98. The van der Waals surface area contributed by atoms with Crippen molar-refractivity contribution in [2.45, 2.75) is 31.7 Å². The smallest absolute Gasteiger partial charge is 0.228 e. The quantitative estimate of drug-likeness (QED) is 0.874. The van der Waals surface area contributed by atoms with E-state index in [4.69, 9.17) is 5.73 Å². The Balaban J connectivity index is 1.74. The molecule has 0 aliphatic carbocycles. The second-order valence-corrected chi connectivity index (χ2v) is 7.13. The van der Waals surface area contributed by atoms with E-state index < -0.39 is 0 Å². The number of carbonyl (C=O) groups is 2. The number of amides is 2. The highest BCUT2D eigenvalue weighted by molar-refractivity contribution is 9.10. The average molecular weight is 380 g/mol. The molecule has 2 N–H and O–H groups in total. The van der Waals surface area contributed by atoms with Gasteiger partial charge in [-0.15, -0.1) is 0 Å². The number of rotatable bonds is 3. The summed E-state index contributed by atoms with van der Waals surface area (Å²) in [6.07, 6.45) is 3.40. The first-order valence-electron chi connectivity index (χ1n) is 8.17. The lowest BCUT2D eigenvalue weighted by Gasteiger charge is -2.36. The molecule has 2 fully saturated rings. The van der Waals surface area contributed by atoms with E-state index in [0.717, 1.165) is 36.0 Å². The minimum absolute atomic E-state index is 0.0107. The number of anilines is 1. The molecule has 2 heterocycles. The van der Waals surface area contributed by atoms with Gasteiger partial charge in [0.05, 0.1) is 11.6 Å². The van der Waals surface area contributed by atoms with Crippen molar-refractivity contribution in [3.63, 3.8) is 0 Å². The molecule has 2 unspecified atom stereocenters. The van der Waals surface area contributed by atoms with Gasteiger partial charge >= 0.3 is 0 Å². The normalized spacial score (nSPS) is 25.0. The van der Waals surface area contributed by atoms with E-state index in [1.807, 2.05) is 29.2 Å². The maximum atomic E-state index is 12.9. The zero-order valence-electron chi connectivity index (χ0n) is 13.1. The maximum absolute atomic E-state index is 12.9. The predicted molar refractivity (Wildman–Crippen MR) is 93.0 cm³/mol. The molecule has 23 heavy (non-hydrogen) atoms. The van der Waals surface area contributed by atoms with E-state index in [1.165, 1.54) is 0 Å². The van der Waals surface area contributed by atoms with Gasteiger partial charge in [0, 0.05) is 36.6 Å². The van der Waals surface area contributed by atoms with Crippen LogP contribution in [0.5, 0.6) is 0 Å². The SMILES string of the molecule is NCC1CCCCN1C(=O)C1CC(=O)N(c2ccccc2Br)C1. The molecule has 6 heteroatoms. The topological polar surface area (TPSA) is 66.6 Å². The first kappa shape index (κ1) is 16.5. The second-order valence-electron chi connectivity index (χ2n) is 6.27. The Bertz CT molecular complexity index is 607. The summed E-state index contributed by atoms with van der Waals surface area (Å²) in [5.41, 5.74) is 6.65. The van der Waals surface area contributed by atoms with Crippen LogP contribution in [0.25, 0.3) is 0 Å². The number of nitrogens with zero attached hydrogens (tertiary/aromatic N) is 2. The van der Waals surface area contributed by atoms with Gasteiger partial charge in [-0.3, -0.25) is 9.59 Å². The van der Waals surface area contributed by atoms with Crippen molar-refractivity contribution in [2.24, 2.45) is 11.7 Å². The van der Waals surface area contributed by atoms with E-state index in [2.05, 4.69) is 15.9 Å². The average Bonchev–Trinajstić information content (AvgIpc) is 2.96. The summed E-state index contributed by atoms with van der Waals surface area (Å²) in [6, 6.07) is 7.75. The molecule has 2 saturated heterocycles. The lowest BCUT2D eigenvalue weighted by molar-refractivity contribution is -0.139. The zero-order chi connectivity index (χ0) is 16.4. The van der Waals surface area contributed by atoms with Crippen LogP contribution in [0.1, 0.15) is 25.7 Å². The van der Waals surface area contributed by atoms with Gasteiger partial charge in [-0.2, -0.15) is 0 Å². The highest BCUT2D eigenvalue weighted by atomic mass is 79.9. The van der Waals surface area contributed by atoms with Crippen molar-refractivity contribution < 1.29 is 9.59 Å². The molecule has 0 saturated carbocycles. The van der Waals surface area contributed by atoms with Gasteiger partial charge in [-0.25, -0.2) is 0 Å². The van der Waals surface area contributed by atoms with Gasteiger partial charge in [0.2, 0.25) is 11.8 Å². The number of piperidine rings is 1. The molecule has 0 radical (unpaired) electrons. The minimum Gasteiger partial charge on any atom is -0.338 e. The molecule has 3 rings (SSSR count). The van der Waals surface area contributed by atoms with E-state index in [1.54, 1.807) is 4.90 Å². The summed E-state index contributed by atoms with van der Waals surface area (Å²) < 4.78 is 0.874. The van der Waals surface area contributed by atoms with Crippen molar-refractivity contribution in [3.05, 3.63) is 28.7 Å². The van der Waals surface area contributed by atoms with Gasteiger partial charge < -0.3 is 15.5 Å². The third-order valence-electron chi connectivity index (χ3n) is 4.80. The number of hydrogen-bond donors (Lipinski definition) is 1. The van der Waals surface area contributed by atoms with Gasteiger partial charge in [0.1, 0.15) is 0 Å². The van der Waals surface area contributed by atoms with Crippen LogP contribution >= 0.6 is 15.9 Å². The highest BCUT2D eigenvalue weighted by Crippen LogP contribution is 2.32. The molecule has 2 amide bonds. The minimum atomic E-state index is -0.262. The van der Waals surface area contributed by atoms with Crippen LogP contribution < -0.4 is 10.6 Å². The molecule has 2 atom stereocenters. The number of hydrogen-bond acceptors (Lipinski definition) is 3. The first-order valence-corrected chi connectivity index (χ1v) is 8.96. The van der Waals surface area contributed by atoms with Crippen LogP contribution in [-0.2, 0) is 9.59 Å². The fraction of sp³-hybridized carbons (Fsp3) is 0.529. The molecular weight excluding hydrogens is 358 g/mol. The Hall–Kier alpha value is -1.40. The fourth-order valence-corrected chi connectivity index (χ4v) is 4.05. The Morgan fingerprint density at radius 1 is 1.30 bits per heavy atom. The van der Waals surface area contributed by atoms with E-state index in [-0.39, 0.29) is 30.2 Å². The Morgan fingerprint density at radius 2 is 2.09 bits per heavy atom. The molecule has 0 aromatic heterocycles. The molecule has 0 spiro atoms. The van der Waals surface area contributed by atoms with Crippen molar-refractivity contribution in [1.82, 2.24) is 4.90 Å². The van der Waals surface area contributed by atoms with Crippen molar-refractivity contribution in [1.29, 1.82) is 0 Å². The number of benzene rings is 1. The van der Waals surface area contributed by atoms with E-state index >= 15 is 0 Å². The summed E-state index contributed by atoms with van der Waals surface area (Å²) >= 11 is 3.48. The summed E-state index contributed by atoms with van der Waals surface area (Å²) in [4.78, 5) is 28.9. The number of carbonyl (C=O) groups excluding carboxylic acids is 2. The zero-order valence-corrected chi connectivity index (χ0v) is 14.7. The molecule has 124 valence electrons. The maximum Gasteiger partial charge on any atom is 0.228 e.